The van der Waals surface area contributed by atoms with Gasteiger partial charge in [0.05, 0.1) is 19.8 Å². The molecule has 30 heavy (non-hydrogen) atoms. The molecular formula is C23H27N3O4. The van der Waals surface area contributed by atoms with Crippen molar-refractivity contribution < 1.29 is 14.3 Å². The first-order chi connectivity index (χ1) is 14.3. The number of nitrogens with zero attached hydrogens (tertiary/aromatic N) is 2. The molecule has 2 aromatic carbocycles. The number of carbonyl (C=O) groups is 1. The van der Waals surface area contributed by atoms with Crippen molar-refractivity contribution in [3.05, 3.63) is 58.0 Å². The normalized spacial score (nSPS) is 11.0. The maximum Gasteiger partial charge on any atom is 0.258 e. The van der Waals surface area contributed by atoms with Crippen LogP contribution in [0.4, 0.5) is 0 Å². The van der Waals surface area contributed by atoms with Crippen molar-refractivity contribution in [2.24, 2.45) is 7.05 Å². The van der Waals surface area contributed by atoms with Crippen molar-refractivity contribution >= 4 is 16.7 Å². The molecule has 1 amide bonds. The van der Waals surface area contributed by atoms with Crippen LogP contribution in [-0.2, 0) is 13.6 Å². The van der Waals surface area contributed by atoms with Gasteiger partial charge < -0.3 is 24.3 Å². The number of pyridine rings is 1. The minimum absolute atomic E-state index is 0.125. The molecule has 0 unspecified atom stereocenters. The standard InChI is InChI=1S/C23H27N3O4/c1-24-22(27)14-7-8-16-17(9-14)18(13-26(4)23(16)28)15-10-20(29-5)19(12-25(2)3)21(11-15)30-6/h7-11,13H,12H2,1-6H3,(H,24,27). The summed E-state index contributed by atoms with van der Waals surface area (Å²) in [7, 11) is 10.5. The van der Waals surface area contributed by atoms with E-state index in [2.05, 4.69) is 5.32 Å². The summed E-state index contributed by atoms with van der Waals surface area (Å²) in [5, 5.41) is 3.86. The number of hydrogen-bond acceptors (Lipinski definition) is 5. The van der Waals surface area contributed by atoms with E-state index in [1.165, 1.54) is 0 Å². The Balaban J connectivity index is 2.34. The number of fused-ring (bicyclic) bond motifs is 1. The van der Waals surface area contributed by atoms with Crippen LogP contribution in [-0.4, -0.2) is 50.7 Å². The molecule has 0 aliphatic carbocycles. The molecule has 0 aliphatic heterocycles. The lowest BCUT2D eigenvalue weighted by Gasteiger charge is -2.19. The number of aromatic nitrogens is 1. The van der Waals surface area contributed by atoms with Gasteiger partial charge >= 0.3 is 0 Å². The molecule has 0 saturated heterocycles. The number of benzene rings is 2. The van der Waals surface area contributed by atoms with E-state index in [1.807, 2.05) is 31.1 Å². The largest absolute Gasteiger partial charge is 0.496 e. The zero-order valence-electron chi connectivity index (χ0n) is 18.2. The number of methoxy groups -OCH3 is 2. The van der Waals surface area contributed by atoms with Crippen LogP contribution in [0.2, 0.25) is 0 Å². The lowest BCUT2D eigenvalue weighted by Crippen LogP contribution is -2.19. The Labute approximate surface area is 175 Å². The maximum absolute atomic E-state index is 12.7. The summed E-state index contributed by atoms with van der Waals surface area (Å²) in [5.74, 6) is 1.19. The molecule has 0 spiro atoms. The summed E-state index contributed by atoms with van der Waals surface area (Å²) in [6.45, 7) is 0.654. The summed E-state index contributed by atoms with van der Waals surface area (Å²) in [6, 6.07) is 8.98. The van der Waals surface area contributed by atoms with Gasteiger partial charge in [-0.1, -0.05) is 0 Å². The van der Waals surface area contributed by atoms with Gasteiger partial charge in [0, 0.05) is 43.4 Å². The zero-order chi connectivity index (χ0) is 22.0. The first-order valence-electron chi connectivity index (χ1n) is 9.56. The minimum atomic E-state index is -0.208. The Morgan fingerprint density at radius 2 is 1.70 bits per heavy atom. The predicted molar refractivity (Wildman–Crippen MR) is 119 cm³/mol. The van der Waals surface area contributed by atoms with Gasteiger partial charge in [0.1, 0.15) is 11.5 Å². The maximum atomic E-state index is 12.7. The van der Waals surface area contributed by atoms with E-state index in [0.29, 0.717) is 34.4 Å². The number of aryl methyl sites for hydroxylation is 1. The van der Waals surface area contributed by atoms with E-state index in [0.717, 1.165) is 16.7 Å². The second kappa shape index (κ2) is 8.59. The summed E-state index contributed by atoms with van der Waals surface area (Å²) < 4.78 is 12.9. The van der Waals surface area contributed by atoms with Crippen molar-refractivity contribution in [2.75, 3.05) is 35.4 Å². The molecule has 7 heteroatoms. The quantitative estimate of drug-likeness (QED) is 0.678. The Morgan fingerprint density at radius 3 is 2.23 bits per heavy atom. The molecule has 0 saturated carbocycles. The highest BCUT2D eigenvalue weighted by Gasteiger charge is 2.18. The first kappa shape index (κ1) is 21.4. The molecule has 0 atom stereocenters. The second-order valence-electron chi connectivity index (χ2n) is 7.40. The SMILES string of the molecule is CNC(=O)c1ccc2c(=O)n(C)cc(-c3cc(OC)c(CN(C)C)c(OC)c3)c2c1. The molecule has 0 fully saturated rings. The topological polar surface area (TPSA) is 72.8 Å². The van der Waals surface area contributed by atoms with Crippen molar-refractivity contribution in [1.82, 2.24) is 14.8 Å². The van der Waals surface area contributed by atoms with E-state index in [-0.39, 0.29) is 11.5 Å². The first-order valence-corrected chi connectivity index (χ1v) is 9.56. The summed E-state index contributed by atoms with van der Waals surface area (Å²) in [4.78, 5) is 26.9. The highest BCUT2D eigenvalue weighted by molar-refractivity contribution is 6.03. The lowest BCUT2D eigenvalue weighted by molar-refractivity contribution is 0.0963. The van der Waals surface area contributed by atoms with E-state index < -0.39 is 0 Å². The van der Waals surface area contributed by atoms with Gasteiger partial charge in [0.15, 0.2) is 0 Å². The molecule has 0 aliphatic rings. The van der Waals surface area contributed by atoms with Crippen molar-refractivity contribution in [3.8, 4) is 22.6 Å². The van der Waals surface area contributed by atoms with Gasteiger partial charge in [-0.3, -0.25) is 9.59 Å². The minimum Gasteiger partial charge on any atom is -0.496 e. The van der Waals surface area contributed by atoms with E-state index in [9.17, 15) is 9.59 Å². The fourth-order valence-corrected chi connectivity index (χ4v) is 3.59. The van der Waals surface area contributed by atoms with Crippen LogP contribution in [0.15, 0.2) is 41.3 Å². The average molecular weight is 409 g/mol. The number of amides is 1. The highest BCUT2D eigenvalue weighted by atomic mass is 16.5. The van der Waals surface area contributed by atoms with Crippen LogP contribution in [0.5, 0.6) is 11.5 Å². The molecule has 7 nitrogen and oxygen atoms in total. The van der Waals surface area contributed by atoms with Crippen molar-refractivity contribution in [1.29, 1.82) is 0 Å². The second-order valence-corrected chi connectivity index (χ2v) is 7.40. The Hall–Kier alpha value is -3.32. The number of rotatable bonds is 6. The Morgan fingerprint density at radius 1 is 1.07 bits per heavy atom. The molecule has 0 radical (unpaired) electrons. The third kappa shape index (κ3) is 3.89. The number of hydrogen-bond donors (Lipinski definition) is 1. The van der Waals surface area contributed by atoms with Crippen LogP contribution in [0.25, 0.3) is 21.9 Å². The van der Waals surface area contributed by atoms with Crippen LogP contribution < -0.4 is 20.3 Å². The smallest absolute Gasteiger partial charge is 0.258 e. The Bertz CT molecular complexity index is 1140. The van der Waals surface area contributed by atoms with Gasteiger partial charge in [-0.25, -0.2) is 0 Å². The van der Waals surface area contributed by atoms with Gasteiger partial charge in [-0.15, -0.1) is 0 Å². The fourth-order valence-electron chi connectivity index (χ4n) is 3.59. The van der Waals surface area contributed by atoms with E-state index in [4.69, 9.17) is 9.47 Å². The van der Waals surface area contributed by atoms with Gasteiger partial charge in [0.2, 0.25) is 0 Å². The Kier molecular flexibility index (Phi) is 6.12. The van der Waals surface area contributed by atoms with E-state index >= 15 is 0 Å². The number of ether oxygens (including phenoxy) is 2. The molecule has 0 bridgehead atoms. The van der Waals surface area contributed by atoms with Crippen LogP contribution >= 0.6 is 0 Å². The predicted octanol–water partition coefficient (Wildman–Crippen LogP) is 2.64. The van der Waals surface area contributed by atoms with Crippen molar-refractivity contribution in [2.45, 2.75) is 6.54 Å². The number of carbonyl (C=O) groups excluding carboxylic acids is 1. The molecule has 1 aromatic heterocycles. The summed E-state index contributed by atoms with van der Waals surface area (Å²) in [6.07, 6.45) is 1.78. The van der Waals surface area contributed by atoms with Gasteiger partial charge in [-0.2, -0.15) is 0 Å². The molecule has 3 aromatic rings. The van der Waals surface area contributed by atoms with Gasteiger partial charge in [0.25, 0.3) is 11.5 Å². The zero-order valence-corrected chi connectivity index (χ0v) is 18.2. The third-order valence-electron chi connectivity index (χ3n) is 5.07. The summed E-state index contributed by atoms with van der Waals surface area (Å²) in [5.41, 5.74) is 2.95. The number of nitrogens with one attached hydrogen (secondary N) is 1. The monoisotopic (exact) mass is 409 g/mol. The average Bonchev–Trinajstić information content (AvgIpc) is 2.75. The fraction of sp³-hybridized carbons (Fsp3) is 0.304. The van der Waals surface area contributed by atoms with E-state index in [1.54, 1.807) is 57.3 Å². The molecular weight excluding hydrogens is 382 g/mol. The molecule has 3 rings (SSSR count). The van der Waals surface area contributed by atoms with Crippen LogP contribution in [0.3, 0.4) is 0 Å². The van der Waals surface area contributed by atoms with Crippen molar-refractivity contribution in [3.63, 3.8) is 0 Å². The lowest BCUT2D eigenvalue weighted by atomic mass is 9.96. The molecule has 1 N–H and O–H groups in total. The molecule has 158 valence electrons. The summed E-state index contributed by atoms with van der Waals surface area (Å²) >= 11 is 0. The highest BCUT2D eigenvalue weighted by Crippen LogP contribution is 2.37. The molecule has 1 heterocycles. The van der Waals surface area contributed by atoms with Crippen LogP contribution in [0, 0.1) is 0 Å². The third-order valence-corrected chi connectivity index (χ3v) is 5.07. The van der Waals surface area contributed by atoms with Gasteiger partial charge in [-0.05, 0) is 55.4 Å². The van der Waals surface area contributed by atoms with Crippen LogP contribution in [0.1, 0.15) is 15.9 Å².